The highest BCUT2D eigenvalue weighted by atomic mass is 16.2. The minimum atomic E-state index is -0.472. The molecule has 2 rings (SSSR count). The van der Waals surface area contributed by atoms with Gasteiger partial charge in [-0.3, -0.25) is 14.5 Å². The molecular formula is C17H24N2O2. The van der Waals surface area contributed by atoms with Crippen molar-refractivity contribution in [3.8, 4) is 0 Å². The monoisotopic (exact) mass is 288 g/mol. The number of nitrogens with one attached hydrogen (secondary N) is 1. The van der Waals surface area contributed by atoms with Gasteiger partial charge in [-0.1, -0.05) is 32.0 Å². The lowest BCUT2D eigenvalue weighted by molar-refractivity contribution is -0.128. The molecule has 1 aromatic rings. The molecule has 114 valence electrons. The normalized spacial score (nSPS) is 16.1. The van der Waals surface area contributed by atoms with E-state index < -0.39 is 6.04 Å². The Bertz CT molecular complexity index is 558. The molecule has 0 fully saturated rings. The first-order valence-corrected chi connectivity index (χ1v) is 7.42. The summed E-state index contributed by atoms with van der Waals surface area (Å²) in [6.45, 7) is 9.79. The summed E-state index contributed by atoms with van der Waals surface area (Å²) >= 11 is 0. The summed E-state index contributed by atoms with van der Waals surface area (Å²) in [6.07, 6.45) is 0.377. The Morgan fingerprint density at radius 1 is 1.24 bits per heavy atom. The second kappa shape index (κ2) is 5.51. The van der Waals surface area contributed by atoms with Crippen molar-refractivity contribution < 1.29 is 9.59 Å². The number of nitrogens with zero attached hydrogens (tertiary/aromatic N) is 1. The minimum absolute atomic E-state index is 0.000964. The third-order valence-corrected chi connectivity index (χ3v) is 3.54. The number of hydrogen-bond acceptors (Lipinski definition) is 2. The molecule has 0 bridgehead atoms. The number of amides is 2. The molecule has 4 nitrogen and oxygen atoms in total. The van der Waals surface area contributed by atoms with Gasteiger partial charge in [-0.05, 0) is 38.3 Å². The Kier molecular flexibility index (Phi) is 4.08. The number of benzene rings is 1. The van der Waals surface area contributed by atoms with Crippen LogP contribution < -0.4 is 10.2 Å². The zero-order valence-corrected chi connectivity index (χ0v) is 13.4. The molecule has 1 N–H and O–H groups in total. The Morgan fingerprint density at radius 3 is 2.43 bits per heavy atom. The fourth-order valence-corrected chi connectivity index (χ4v) is 2.74. The van der Waals surface area contributed by atoms with Gasteiger partial charge in [-0.15, -0.1) is 0 Å². The lowest BCUT2D eigenvalue weighted by Gasteiger charge is -2.33. The zero-order valence-electron chi connectivity index (χ0n) is 13.4. The average Bonchev–Trinajstić information content (AvgIpc) is 2.64. The smallest absolute Gasteiger partial charge is 0.243 e. The SMILES string of the molecule is CC(C)C(C(=O)NC(C)(C)C)N1C(=O)Cc2ccccc21. The first-order chi connectivity index (χ1) is 9.70. The molecule has 1 heterocycles. The molecule has 0 spiro atoms. The van der Waals surface area contributed by atoms with E-state index in [9.17, 15) is 9.59 Å². The summed E-state index contributed by atoms with van der Waals surface area (Å²) in [7, 11) is 0. The van der Waals surface area contributed by atoms with Gasteiger partial charge in [-0.2, -0.15) is 0 Å². The number of para-hydroxylation sites is 1. The van der Waals surface area contributed by atoms with E-state index in [1.165, 1.54) is 0 Å². The van der Waals surface area contributed by atoms with Crippen molar-refractivity contribution in [3.63, 3.8) is 0 Å². The number of anilines is 1. The molecule has 0 saturated heterocycles. The second-order valence-corrected chi connectivity index (χ2v) is 7.00. The van der Waals surface area contributed by atoms with Crippen molar-refractivity contribution in [1.29, 1.82) is 0 Å². The first-order valence-electron chi connectivity index (χ1n) is 7.42. The number of rotatable bonds is 3. The largest absolute Gasteiger partial charge is 0.350 e. The topological polar surface area (TPSA) is 49.4 Å². The molecule has 2 amide bonds. The van der Waals surface area contributed by atoms with Gasteiger partial charge in [0.1, 0.15) is 6.04 Å². The van der Waals surface area contributed by atoms with Crippen molar-refractivity contribution in [1.82, 2.24) is 5.32 Å². The van der Waals surface area contributed by atoms with Gasteiger partial charge >= 0.3 is 0 Å². The third-order valence-electron chi connectivity index (χ3n) is 3.54. The fourth-order valence-electron chi connectivity index (χ4n) is 2.74. The maximum absolute atomic E-state index is 12.6. The molecule has 0 radical (unpaired) electrons. The van der Waals surface area contributed by atoms with Gasteiger partial charge in [-0.25, -0.2) is 0 Å². The van der Waals surface area contributed by atoms with Crippen LogP contribution >= 0.6 is 0 Å². The Hall–Kier alpha value is -1.84. The average molecular weight is 288 g/mol. The van der Waals surface area contributed by atoms with E-state index in [2.05, 4.69) is 5.32 Å². The van der Waals surface area contributed by atoms with Crippen LogP contribution in [-0.2, 0) is 16.0 Å². The van der Waals surface area contributed by atoms with E-state index >= 15 is 0 Å². The highest BCUT2D eigenvalue weighted by Crippen LogP contribution is 2.32. The molecule has 0 saturated carbocycles. The predicted molar refractivity (Wildman–Crippen MR) is 84.2 cm³/mol. The van der Waals surface area contributed by atoms with Crippen molar-refractivity contribution in [3.05, 3.63) is 29.8 Å². The maximum atomic E-state index is 12.6. The predicted octanol–water partition coefficient (Wildman–Crippen LogP) is 2.52. The summed E-state index contributed by atoms with van der Waals surface area (Å²) in [6, 6.07) is 7.23. The maximum Gasteiger partial charge on any atom is 0.243 e. The van der Waals surface area contributed by atoms with Gasteiger partial charge in [0.25, 0.3) is 0 Å². The molecule has 1 aromatic carbocycles. The highest BCUT2D eigenvalue weighted by molar-refractivity contribution is 6.06. The summed E-state index contributed by atoms with van der Waals surface area (Å²) in [4.78, 5) is 26.7. The molecule has 1 aliphatic heterocycles. The van der Waals surface area contributed by atoms with Crippen LogP contribution in [-0.4, -0.2) is 23.4 Å². The molecule has 1 unspecified atom stereocenters. The van der Waals surface area contributed by atoms with Crippen LogP contribution in [0.25, 0.3) is 0 Å². The van der Waals surface area contributed by atoms with E-state index in [4.69, 9.17) is 0 Å². The highest BCUT2D eigenvalue weighted by Gasteiger charge is 2.39. The van der Waals surface area contributed by atoms with E-state index in [1.807, 2.05) is 58.9 Å². The van der Waals surface area contributed by atoms with Crippen molar-refractivity contribution in [2.45, 2.75) is 52.6 Å². The Morgan fingerprint density at radius 2 is 1.86 bits per heavy atom. The van der Waals surface area contributed by atoms with Gasteiger partial charge in [0.05, 0.1) is 6.42 Å². The molecular weight excluding hydrogens is 264 g/mol. The molecule has 1 aliphatic rings. The Labute approximate surface area is 126 Å². The summed E-state index contributed by atoms with van der Waals surface area (Å²) < 4.78 is 0. The lowest BCUT2D eigenvalue weighted by Crippen LogP contribution is -2.55. The summed E-state index contributed by atoms with van der Waals surface area (Å²) in [5, 5.41) is 3.00. The quantitative estimate of drug-likeness (QED) is 0.929. The molecule has 1 atom stereocenters. The third kappa shape index (κ3) is 3.26. The molecule has 0 aromatic heterocycles. The molecule has 0 aliphatic carbocycles. The van der Waals surface area contributed by atoms with E-state index in [0.29, 0.717) is 6.42 Å². The Balaban J connectivity index is 2.35. The zero-order chi connectivity index (χ0) is 15.8. The number of carbonyl (C=O) groups excluding carboxylic acids is 2. The van der Waals surface area contributed by atoms with Crippen molar-refractivity contribution in [2.24, 2.45) is 5.92 Å². The van der Waals surface area contributed by atoms with Gasteiger partial charge < -0.3 is 5.32 Å². The van der Waals surface area contributed by atoms with E-state index in [1.54, 1.807) is 4.90 Å². The van der Waals surface area contributed by atoms with Crippen LogP contribution in [0.15, 0.2) is 24.3 Å². The van der Waals surface area contributed by atoms with Crippen LogP contribution in [0, 0.1) is 5.92 Å². The first kappa shape index (κ1) is 15.5. The molecule has 4 heteroatoms. The van der Waals surface area contributed by atoms with Crippen LogP contribution in [0.4, 0.5) is 5.69 Å². The van der Waals surface area contributed by atoms with Crippen molar-refractivity contribution in [2.75, 3.05) is 4.90 Å². The van der Waals surface area contributed by atoms with Crippen LogP contribution in [0.2, 0.25) is 0 Å². The lowest BCUT2D eigenvalue weighted by atomic mass is 9.99. The number of fused-ring (bicyclic) bond motifs is 1. The van der Waals surface area contributed by atoms with Crippen LogP contribution in [0.1, 0.15) is 40.2 Å². The standard InChI is InChI=1S/C17H24N2O2/c1-11(2)15(16(21)18-17(3,4)5)19-13-9-7-6-8-12(13)10-14(19)20/h6-9,11,15H,10H2,1-5H3,(H,18,21). The van der Waals surface area contributed by atoms with Crippen molar-refractivity contribution >= 4 is 17.5 Å². The van der Waals surface area contributed by atoms with E-state index in [-0.39, 0.29) is 23.3 Å². The van der Waals surface area contributed by atoms with Crippen LogP contribution in [0.5, 0.6) is 0 Å². The molecule has 21 heavy (non-hydrogen) atoms. The van der Waals surface area contributed by atoms with E-state index in [0.717, 1.165) is 11.3 Å². The van der Waals surface area contributed by atoms with Gasteiger partial charge in [0, 0.05) is 11.2 Å². The summed E-state index contributed by atoms with van der Waals surface area (Å²) in [5.74, 6) is -0.0519. The second-order valence-electron chi connectivity index (χ2n) is 7.00. The van der Waals surface area contributed by atoms with Crippen LogP contribution in [0.3, 0.4) is 0 Å². The number of hydrogen-bond donors (Lipinski definition) is 1. The fraction of sp³-hybridized carbons (Fsp3) is 0.529. The van der Waals surface area contributed by atoms with Gasteiger partial charge in [0.2, 0.25) is 11.8 Å². The summed E-state index contributed by atoms with van der Waals surface area (Å²) in [5.41, 5.74) is 1.55. The number of carbonyl (C=O) groups is 2. The minimum Gasteiger partial charge on any atom is -0.350 e. The van der Waals surface area contributed by atoms with Gasteiger partial charge in [0.15, 0.2) is 0 Å².